The Bertz CT molecular complexity index is 3180. The largest absolute Gasteiger partial charge is 0.481 e. The van der Waals surface area contributed by atoms with E-state index in [1.165, 1.54) is 88.5 Å². The molecule has 548 valence electrons. The number of likely N-dealkylation sites (N-methyl/N-ethyl adjacent to an activating group) is 6. The van der Waals surface area contributed by atoms with Crippen LogP contribution in [-0.4, -0.2) is 274 Å². The number of fused-ring (bicyclic) bond motifs is 3. The van der Waals surface area contributed by atoms with Gasteiger partial charge in [-0.05, 0) is 101 Å². The summed E-state index contributed by atoms with van der Waals surface area (Å²) in [6, 6.07) is -3.31. The molecule has 99 heavy (non-hydrogen) atoms. The lowest BCUT2D eigenvalue weighted by Crippen LogP contribution is -2.71. The minimum Gasteiger partial charge on any atom is -0.481 e. The van der Waals surface area contributed by atoms with Crippen molar-refractivity contribution in [2.45, 2.75) is 230 Å². The molecule has 3 heterocycles. The van der Waals surface area contributed by atoms with Crippen molar-refractivity contribution in [1.82, 2.24) is 60.0 Å². The number of carbonyl (C=O) groups is 13. The first kappa shape index (κ1) is 78.4. The van der Waals surface area contributed by atoms with Crippen molar-refractivity contribution in [3.63, 3.8) is 0 Å². The van der Waals surface area contributed by atoms with E-state index in [2.05, 4.69) is 16.0 Å². The standard InChI is InChI=1S/C72H110N12O15/c1-15-23-51-62(90)74-60(45(5)16-2)68(96)83(48-31-32-48)41-58(87)79(12)52-26-19-18-22-35-82(67(52)95)55(36-46-29-27-44(4)28-30-46)66(94)77(10)40-56(85)73-50(33-34-59(88)89)64(92)84-39-49(99-17-3)37-53(84)63(91)75-72(42-71(6,7)43-72)70(98)81(14)61(47-24-20-21-25-47)69(97)80(13)54(65(93)76(8)9)38-57(86)78(51)11/h18-19,27-30,45,47-55,60-61H,15-17,20-26,31-43H2,1-14H3,(H,73,85)(H,74,90)(H,75,91)(H,88,89)/b19-18-/t45?,49?,50-,51-,52?,53-,54?,55-,60?,61-/m0/s1. The van der Waals surface area contributed by atoms with Crippen LogP contribution < -0.4 is 16.0 Å². The molecule has 3 saturated carbocycles. The van der Waals surface area contributed by atoms with E-state index in [1.807, 2.05) is 65.0 Å². The molecule has 0 aromatic heterocycles. The topological polar surface area (TPSA) is 317 Å². The van der Waals surface area contributed by atoms with Crippen LogP contribution in [0, 0.1) is 24.2 Å². The maximum absolute atomic E-state index is 15.7. The Morgan fingerprint density at radius 2 is 1.36 bits per heavy atom. The summed E-state index contributed by atoms with van der Waals surface area (Å²) in [7, 11) is 10.1. The number of benzene rings is 1. The monoisotopic (exact) mass is 1380 g/mol. The third-order valence-corrected chi connectivity index (χ3v) is 21.1. The Balaban J connectivity index is 1.32. The second-order valence-electron chi connectivity index (χ2n) is 29.6. The lowest BCUT2D eigenvalue weighted by Gasteiger charge is -2.54. The van der Waals surface area contributed by atoms with Gasteiger partial charge in [-0.15, -0.1) is 0 Å². The summed E-state index contributed by atoms with van der Waals surface area (Å²) in [6.07, 6.45) is 6.48. The van der Waals surface area contributed by atoms with E-state index >= 15 is 33.6 Å². The van der Waals surface area contributed by atoms with Crippen LogP contribution in [0.3, 0.4) is 0 Å². The maximum atomic E-state index is 15.7. The van der Waals surface area contributed by atoms with Gasteiger partial charge in [-0.25, -0.2) is 0 Å². The van der Waals surface area contributed by atoms with Gasteiger partial charge in [-0.3, -0.25) is 62.3 Å². The van der Waals surface area contributed by atoms with E-state index in [-0.39, 0.29) is 64.3 Å². The summed E-state index contributed by atoms with van der Waals surface area (Å²) in [6.45, 7) is 11.9. The number of nitrogens with zero attached hydrogens (tertiary/aromatic N) is 9. The predicted molar refractivity (Wildman–Crippen MR) is 367 cm³/mol. The molecule has 1 spiro atoms. The first-order valence-electron chi connectivity index (χ1n) is 35.6. The summed E-state index contributed by atoms with van der Waals surface area (Å²) in [5.41, 5.74) is -0.527. The summed E-state index contributed by atoms with van der Waals surface area (Å²) < 4.78 is 6.03. The number of hydrogen-bond donors (Lipinski definition) is 4. The fraction of sp³-hybridized carbons (Fsp3) is 0.708. The zero-order valence-corrected chi connectivity index (χ0v) is 60.8. The zero-order valence-electron chi connectivity index (χ0n) is 60.8. The van der Waals surface area contributed by atoms with Gasteiger partial charge >= 0.3 is 5.97 Å². The number of nitrogens with one attached hydrogen (secondary N) is 3. The first-order valence-corrected chi connectivity index (χ1v) is 35.6. The van der Waals surface area contributed by atoms with Gasteiger partial charge in [0.25, 0.3) is 0 Å². The Morgan fingerprint density at radius 3 is 1.95 bits per heavy atom. The average Bonchev–Trinajstić information content (AvgIpc) is 1.22. The molecule has 1 aromatic rings. The molecule has 7 rings (SSSR count). The molecule has 6 aliphatic rings. The zero-order chi connectivity index (χ0) is 73.1. The van der Waals surface area contributed by atoms with E-state index in [1.54, 1.807) is 19.9 Å². The molecule has 5 fully saturated rings. The number of amides is 12. The van der Waals surface area contributed by atoms with Gasteiger partial charge in [-0.1, -0.05) is 102 Å². The molecule has 4 N–H and O–H groups in total. The van der Waals surface area contributed by atoms with Crippen molar-refractivity contribution in [1.29, 1.82) is 0 Å². The van der Waals surface area contributed by atoms with Crippen LogP contribution in [0.1, 0.15) is 162 Å². The Hall–Kier alpha value is -7.97. The molecule has 3 aliphatic heterocycles. The van der Waals surface area contributed by atoms with Crippen molar-refractivity contribution >= 4 is 76.9 Å². The van der Waals surface area contributed by atoms with E-state index in [0.717, 1.165) is 23.3 Å². The number of carboxylic acids is 1. The average molecular weight is 1380 g/mol. The van der Waals surface area contributed by atoms with E-state index in [0.29, 0.717) is 50.5 Å². The molecule has 3 aliphatic carbocycles. The van der Waals surface area contributed by atoms with Gasteiger partial charge in [0, 0.05) is 94.3 Å². The summed E-state index contributed by atoms with van der Waals surface area (Å²) in [5, 5.41) is 18.7. The fourth-order valence-electron chi connectivity index (χ4n) is 15.3. The van der Waals surface area contributed by atoms with Crippen LogP contribution in [0.15, 0.2) is 36.4 Å². The third-order valence-electron chi connectivity index (χ3n) is 21.1. The summed E-state index contributed by atoms with van der Waals surface area (Å²) in [5.74, 6) is -10.1. The minimum absolute atomic E-state index is 0.0202. The molecule has 12 amide bonds. The second kappa shape index (κ2) is 33.9. The predicted octanol–water partition coefficient (Wildman–Crippen LogP) is 2.89. The van der Waals surface area contributed by atoms with Crippen LogP contribution >= 0.6 is 0 Å². The maximum Gasteiger partial charge on any atom is 0.303 e. The van der Waals surface area contributed by atoms with Crippen LogP contribution in [-0.2, 0) is 73.5 Å². The smallest absolute Gasteiger partial charge is 0.303 e. The fourth-order valence-corrected chi connectivity index (χ4v) is 15.3. The van der Waals surface area contributed by atoms with Crippen LogP contribution in [0.5, 0.6) is 0 Å². The molecule has 5 unspecified atom stereocenters. The van der Waals surface area contributed by atoms with Gasteiger partial charge in [0.1, 0.15) is 60.4 Å². The van der Waals surface area contributed by atoms with Gasteiger partial charge in [0.05, 0.1) is 19.1 Å². The number of rotatable bonds is 14. The molecule has 2 bridgehead atoms. The highest BCUT2D eigenvalue weighted by Crippen LogP contribution is 2.50. The Morgan fingerprint density at radius 1 is 0.707 bits per heavy atom. The molecular weight excluding hydrogens is 1270 g/mol. The second-order valence-corrected chi connectivity index (χ2v) is 29.6. The van der Waals surface area contributed by atoms with Gasteiger partial charge in [0.15, 0.2) is 0 Å². The van der Waals surface area contributed by atoms with Crippen molar-refractivity contribution in [3.8, 4) is 0 Å². The van der Waals surface area contributed by atoms with Crippen LogP contribution in [0.25, 0.3) is 0 Å². The molecule has 10 atom stereocenters. The third kappa shape index (κ3) is 18.9. The minimum atomic E-state index is -1.63. The van der Waals surface area contributed by atoms with Crippen molar-refractivity contribution in [2.75, 3.05) is 82.1 Å². The number of hydrogen-bond acceptors (Lipinski definition) is 14. The summed E-state index contributed by atoms with van der Waals surface area (Å²) >= 11 is 0. The summed E-state index contributed by atoms with van der Waals surface area (Å²) in [4.78, 5) is 205. The van der Waals surface area contributed by atoms with Gasteiger partial charge in [-0.2, -0.15) is 0 Å². The molecule has 27 nitrogen and oxygen atoms in total. The highest BCUT2D eigenvalue weighted by molar-refractivity contribution is 6.01. The molecule has 0 radical (unpaired) electrons. The molecule has 1 aromatic carbocycles. The molecule has 2 saturated heterocycles. The van der Waals surface area contributed by atoms with Crippen molar-refractivity contribution in [3.05, 3.63) is 47.5 Å². The number of aryl methyl sites for hydroxylation is 1. The number of carboxylic acid groups (broad SMARTS) is 1. The van der Waals surface area contributed by atoms with Crippen molar-refractivity contribution < 1.29 is 72.2 Å². The van der Waals surface area contributed by atoms with Crippen LogP contribution in [0.4, 0.5) is 0 Å². The first-order chi connectivity index (χ1) is 46.7. The SMILES string of the molecule is CCC[C@H]1C(=O)NC(C(C)CC)C(=O)N(C2CC2)CC(=O)N(C)C2C/C=C\CCN(C2=O)[C@@H](Cc2ccc(C)cc2)C(=O)N(C)CC(=O)N[C@@H](CCC(=O)O)C(=O)N2CC(OCC)C[C@H]2C(=O)NC2(CC(C)(C)C2)C(=O)N(C)[C@@H](C2CCCC2)C(=O)N(C)C(C(=O)N(C)C)CC(=O)N1C. The molecular formula is C72H110N12O15. The highest BCUT2D eigenvalue weighted by Gasteiger charge is 2.59. The highest BCUT2D eigenvalue weighted by atomic mass is 16.5. The lowest BCUT2D eigenvalue weighted by molar-refractivity contribution is -0.161. The van der Waals surface area contributed by atoms with Crippen LogP contribution in [0.2, 0.25) is 0 Å². The van der Waals surface area contributed by atoms with Crippen molar-refractivity contribution in [2.24, 2.45) is 17.3 Å². The number of carbonyl (C=O) groups excluding carboxylic acids is 12. The normalized spacial score (nSPS) is 28.2. The van der Waals surface area contributed by atoms with E-state index in [4.69, 9.17) is 4.74 Å². The lowest BCUT2D eigenvalue weighted by atomic mass is 9.58. The quantitative estimate of drug-likeness (QED) is 0.195. The Labute approximate surface area is 583 Å². The number of aliphatic carboxylic acids is 1. The Kier molecular flexibility index (Phi) is 26.9. The number of ether oxygens (including phenoxy) is 1. The van der Waals surface area contributed by atoms with Gasteiger partial charge < -0.3 is 69.9 Å². The van der Waals surface area contributed by atoms with Gasteiger partial charge in [0.2, 0.25) is 70.9 Å². The van der Waals surface area contributed by atoms with E-state index in [9.17, 15) is 33.9 Å². The van der Waals surface area contributed by atoms with E-state index < -0.39 is 186 Å². The molecule has 27 heteroatoms.